The standard InChI is InChI=1S/C9H8BrNO2S/c1-11-3-7(10)8-6(9(11)13)2-5(4-12)14-8/h2-3,12H,4H2,1H3. The number of rotatable bonds is 1. The summed E-state index contributed by atoms with van der Waals surface area (Å²) in [6.45, 7) is -0.0189. The molecule has 2 rings (SSSR count). The van der Waals surface area contributed by atoms with Crippen molar-refractivity contribution < 1.29 is 5.11 Å². The molecule has 3 nitrogen and oxygen atoms in total. The molecular weight excluding hydrogens is 266 g/mol. The van der Waals surface area contributed by atoms with Crippen LogP contribution in [0.3, 0.4) is 0 Å². The molecule has 1 N–H and O–H groups in total. The predicted octanol–water partition coefficient (Wildman–Crippen LogP) is 1.85. The molecule has 0 aliphatic carbocycles. The van der Waals surface area contributed by atoms with Crippen molar-refractivity contribution in [2.45, 2.75) is 6.61 Å². The Morgan fingerprint density at radius 3 is 3.00 bits per heavy atom. The number of hydrogen-bond acceptors (Lipinski definition) is 3. The molecule has 5 heteroatoms. The van der Waals surface area contributed by atoms with Crippen LogP contribution in [0.25, 0.3) is 10.1 Å². The first kappa shape index (κ1) is 9.89. The fourth-order valence-electron chi connectivity index (χ4n) is 1.33. The highest BCUT2D eigenvalue weighted by Gasteiger charge is 2.09. The van der Waals surface area contributed by atoms with Crippen LogP contribution in [0.1, 0.15) is 4.88 Å². The molecular formula is C9H8BrNO2S. The molecule has 0 aliphatic rings. The summed E-state index contributed by atoms with van der Waals surface area (Å²) < 4.78 is 3.32. The maximum Gasteiger partial charge on any atom is 0.259 e. The Hall–Kier alpha value is -0.650. The Morgan fingerprint density at radius 1 is 1.64 bits per heavy atom. The predicted molar refractivity (Wildman–Crippen MR) is 60.7 cm³/mol. The van der Waals surface area contributed by atoms with Gasteiger partial charge in [-0.15, -0.1) is 11.3 Å². The van der Waals surface area contributed by atoms with E-state index < -0.39 is 0 Å². The molecule has 0 radical (unpaired) electrons. The summed E-state index contributed by atoms with van der Waals surface area (Å²) >= 11 is 4.83. The number of aryl methyl sites for hydroxylation is 1. The second-order valence-corrected chi connectivity index (χ2v) is 5.00. The lowest BCUT2D eigenvalue weighted by molar-refractivity contribution is 0.285. The van der Waals surface area contributed by atoms with Gasteiger partial charge in [0, 0.05) is 18.1 Å². The average molecular weight is 274 g/mol. The topological polar surface area (TPSA) is 42.2 Å². The molecule has 0 amide bonds. The number of pyridine rings is 1. The first-order valence-corrected chi connectivity index (χ1v) is 5.63. The number of halogens is 1. The first-order valence-electron chi connectivity index (χ1n) is 4.02. The van der Waals surface area contributed by atoms with Gasteiger partial charge in [-0.25, -0.2) is 0 Å². The van der Waals surface area contributed by atoms with Crippen molar-refractivity contribution in [1.82, 2.24) is 4.57 Å². The highest BCUT2D eigenvalue weighted by Crippen LogP contribution is 2.29. The summed E-state index contributed by atoms with van der Waals surface area (Å²) in [6.07, 6.45) is 1.74. The van der Waals surface area contributed by atoms with Crippen molar-refractivity contribution in [1.29, 1.82) is 0 Å². The zero-order valence-corrected chi connectivity index (χ0v) is 9.85. The minimum atomic E-state index is -0.0286. The third kappa shape index (κ3) is 1.41. The van der Waals surface area contributed by atoms with E-state index >= 15 is 0 Å². The van der Waals surface area contributed by atoms with Gasteiger partial charge in [-0.2, -0.15) is 0 Å². The largest absolute Gasteiger partial charge is 0.391 e. The molecule has 0 spiro atoms. The van der Waals surface area contributed by atoms with Crippen LogP contribution in [0.2, 0.25) is 0 Å². The number of fused-ring (bicyclic) bond motifs is 1. The second-order valence-electron chi connectivity index (χ2n) is 3.01. The summed E-state index contributed by atoms with van der Waals surface area (Å²) in [7, 11) is 1.71. The summed E-state index contributed by atoms with van der Waals surface area (Å²) in [5.74, 6) is 0. The molecule has 0 saturated carbocycles. The van der Waals surface area contributed by atoms with Gasteiger partial charge >= 0.3 is 0 Å². The minimum Gasteiger partial charge on any atom is -0.391 e. The van der Waals surface area contributed by atoms with Crippen LogP contribution >= 0.6 is 27.3 Å². The van der Waals surface area contributed by atoms with E-state index in [0.717, 1.165) is 14.0 Å². The van der Waals surface area contributed by atoms with Crippen LogP contribution in [0, 0.1) is 0 Å². The van der Waals surface area contributed by atoms with E-state index in [0.29, 0.717) is 5.39 Å². The smallest absolute Gasteiger partial charge is 0.259 e. The molecule has 74 valence electrons. The Bertz CT molecular complexity index is 543. The molecule has 0 aliphatic heterocycles. The fraction of sp³-hybridized carbons (Fsp3) is 0.222. The van der Waals surface area contributed by atoms with Gasteiger partial charge < -0.3 is 9.67 Å². The lowest BCUT2D eigenvalue weighted by atomic mass is 10.3. The Balaban J connectivity index is 2.91. The lowest BCUT2D eigenvalue weighted by Crippen LogP contribution is -2.14. The van der Waals surface area contributed by atoms with Crippen LogP contribution in [-0.4, -0.2) is 9.67 Å². The van der Waals surface area contributed by atoms with E-state index in [-0.39, 0.29) is 12.2 Å². The molecule has 0 bridgehead atoms. The van der Waals surface area contributed by atoms with E-state index in [4.69, 9.17) is 5.11 Å². The van der Waals surface area contributed by atoms with Crippen LogP contribution < -0.4 is 5.56 Å². The quantitative estimate of drug-likeness (QED) is 0.862. The second kappa shape index (κ2) is 3.49. The third-order valence-electron chi connectivity index (χ3n) is 2.01. The van der Waals surface area contributed by atoms with Crippen LogP contribution in [0.4, 0.5) is 0 Å². The Kier molecular flexibility index (Phi) is 2.47. The van der Waals surface area contributed by atoms with Crippen molar-refractivity contribution in [2.24, 2.45) is 7.05 Å². The Morgan fingerprint density at radius 2 is 2.36 bits per heavy atom. The van der Waals surface area contributed by atoms with Crippen molar-refractivity contribution >= 4 is 37.4 Å². The number of nitrogens with zero attached hydrogens (tertiary/aromatic N) is 1. The zero-order valence-electron chi connectivity index (χ0n) is 7.45. The number of aliphatic hydroxyl groups excluding tert-OH is 1. The van der Waals surface area contributed by atoms with Crippen LogP contribution in [0.5, 0.6) is 0 Å². The maximum absolute atomic E-state index is 11.7. The summed E-state index contributed by atoms with van der Waals surface area (Å²) in [5, 5.41) is 9.64. The summed E-state index contributed by atoms with van der Waals surface area (Å²) in [5.41, 5.74) is -0.0286. The SMILES string of the molecule is Cn1cc(Br)c2sc(CO)cc2c1=O. The number of thiophene rings is 1. The van der Waals surface area contributed by atoms with Gasteiger partial charge in [-0.05, 0) is 22.0 Å². The summed E-state index contributed by atoms with van der Waals surface area (Å²) in [4.78, 5) is 12.5. The number of aromatic nitrogens is 1. The Labute approximate surface area is 92.7 Å². The van der Waals surface area contributed by atoms with Gasteiger partial charge in [0.1, 0.15) is 0 Å². The first-order chi connectivity index (χ1) is 6.63. The van der Waals surface area contributed by atoms with Gasteiger partial charge in [0.05, 0.1) is 21.2 Å². The molecule has 0 fully saturated rings. The molecule has 14 heavy (non-hydrogen) atoms. The molecule has 2 aromatic rings. The molecule has 2 heterocycles. The van der Waals surface area contributed by atoms with Crippen LogP contribution in [-0.2, 0) is 13.7 Å². The van der Waals surface area contributed by atoms with Gasteiger partial charge in [0.2, 0.25) is 0 Å². The van der Waals surface area contributed by atoms with E-state index in [1.165, 1.54) is 15.9 Å². The van der Waals surface area contributed by atoms with Crippen molar-refractivity contribution in [3.8, 4) is 0 Å². The number of hydrogen-bond donors (Lipinski definition) is 1. The van der Waals surface area contributed by atoms with E-state index in [9.17, 15) is 4.79 Å². The fourth-order valence-corrected chi connectivity index (χ4v) is 3.01. The lowest BCUT2D eigenvalue weighted by Gasteiger charge is -1.98. The van der Waals surface area contributed by atoms with Gasteiger partial charge in [0.15, 0.2) is 0 Å². The van der Waals surface area contributed by atoms with Crippen molar-refractivity contribution in [3.05, 3.63) is 32.0 Å². The molecule has 0 saturated heterocycles. The van der Waals surface area contributed by atoms with Gasteiger partial charge in [-0.1, -0.05) is 0 Å². The maximum atomic E-state index is 11.7. The minimum absolute atomic E-state index is 0.0189. The molecule has 2 aromatic heterocycles. The molecule has 0 atom stereocenters. The number of aliphatic hydroxyl groups is 1. The van der Waals surface area contributed by atoms with Crippen LogP contribution in [0.15, 0.2) is 21.5 Å². The monoisotopic (exact) mass is 273 g/mol. The summed E-state index contributed by atoms with van der Waals surface area (Å²) in [6, 6.07) is 1.74. The van der Waals surface area contributed by atoms with Crippen molar-refractivity contribution in [2.75, 3.05) is 0 Å². The van der Waals surface area contributed by atoms with E-state index in [2.05, 4.69) is 15.9 Å². The van der Waals surface area contributed by atoms with E-state index in [1.807, 2.05) is 0 Å². The zero-order chi connectivity index (χ0) is 10.3. The highest BCUT2D eigenvalue weighted by atomic mass is 79.9. The average Bonchev–Trinajstić information content (AvgIpc) is 2.58. The van der Waals surface area contributed by atoms with Gasteiger partial charge in [0.25, 0.3) is 5.56 Å². The third-order valence-corrected chi connectivity index (χ3v) is 4.03. The van der Waals surface area contributed by atoms with Crippen molar-refractivity contribution in [3.63, 3.8) is 0 Å². The molecule has 0 aromatic carbocycles. The van der Waals surface area contributed by atoms with Gasteiger partial charge in [-0.3, -0.25) is 4.79 Å². The normalized spacial score (nSPS) is 11.1. The molecule has 0 unspecified atom stereocenters. The highest BCUT2D eigenvalue weighted by molar-refractivity contribution is 9.10. The van der Waals surface area contributed by atoms with E-state index in [1.54, 1.807) is 19.3 Å².